The molecule has 1 atom stereocenters. The maximum absolute atomic E-state index is 12.2. The third kappa shape index (κ3) is 4.21. The van der Waals surface area contributed by atoms with E-state index in [-0.39, 0.29) is 17.9 Å². The lowest BCUT2D eigenvalue weighted by molar-refractivity contribution is 0.0940. The van der Waals surface area contributed by atoms with Crippen LogP contribution in [0.15, 0.2) is 24.3 Å². The number of carbonyl (C=O) groups is 1. The number of nitrogens with zero attached hydrogens (tertiary/aromatic N) is 1. The first-order chi connectivity index (χ1) is 8.82. The summed E-state index contributed by atoms with van der Waals surface area (Å²) in [7, 11) is 3.87. The van der Waals surface area contributed by atoms with Gasteiger partial charge in [0.25, 0.3) is 5.91 Å². The molecule has 1 amide bonds. The van der Waals surface area contributed by atoms with Gasteiger partial charge in [-0.1, -0.05) is 32.1 Å². The van der Waals surface area contributed by atoms with Crippen molar-refractivity contribution >= 4 is 28.8 Å². The van der Waals surface area contributed by atoms with Crippen molar-refractivity contribution in [3.8, 4) is 0 Å². The normalized spacial score (nSPS) is 12.1. The zero-order valence-electron chi connectivity index (χ0n) is 11.8. The molecule has 0 spiro atoms. The standard InChI is InChI=1S/C14H21N3OS/c1-9(2)12(13(15)19)16-14(18)10-6-5-7-11(8-10)17(3)4/h5-9,12H,1-4H3,(H2,15,19)(H,16,18). The molecule has 0 saturated carbocycles. The molecule has 0 bridgehead atoms. The highest BCUT2D eigenvalue weighted by Gasteiger charge is 2.19. The first kappa shape index (κ1) is 15.4. The van der Waals surface area contributed by atoms with Crippen LogP contribution < -0.4 is 16.0 Å². The Morgan fingerprint density at radius 1 is 1.37 bits per heavy atom. The SMILES string of the molecule is CC(C)C(NC(=O)c1cccc(N(C)C)c1)C(N)=S. The molecule has 0 heterocycles. The van der Waals surface area contributed by atoms with Crippen molar-refractivity contribution in [2.75, 3.05) is 19.0 Å². The molecule has 1 aromatic carbocycles. The first-order valence-electron chi connectivity index (χ1n) is 6.20. The minimum Gasteiger partial charge on any atom is -0.392 e. The lowest BCUT2D eigenvalue weighted by Gasteiger charge is -2.21. The Kier molecular flexibility index (Phi) is 5.30. The Morgan fingerprint density at radius 3 is 2.47 bits per heavy atom. The summed E-state index contributed by atoms with van der Waals surface area (Å²) in [6.45, 7) is 3.95. The number of benzene rings is 1. The molecule has 0 aromatic heterocycles. The predicted molar refractivity (Wildman–Crippen MR) is 83.6 cm³/mol. The van der Waals surface area contributed by atoms with E-state index < -0.39 is 0 Å². The van der Waals surface area contributed by atoms with E-state index in [4.69, 9.17) is 18.0 Å². The molecule has 104 valence electrons. The molecule has 0 aliphatic carbocycles. The highest BCUT2D eigenvalue weighted by atomic mass is 32.1. The van der Waals surface area contributed by atoms with Gasteiger partial charge in [-0.3, -0.25) is 4.79 Å². The monoisotopic (exact) mass is 279 g/mol. The van der Waals surface area contributed by atoms with Gasteiger partial charge >= 0.3 is 0 Å². The molecule has 0 aliphatic rings. The minimum absolute atomic E-state index is 0.157. The second-order valence-electron chi connectivity index (χ2n) is 5.04. The number of thiocarbonyl (C=S) groups is 1. The van der Waals surface area contributed by atoms with Crippen molar-refractivity contribution in [3.63, 3.8) is 0 Å². The number of carbonyl (C=O) groups excluding carboxylic acids is 1. The Morgan fingerprint density at radius 2 is 2.00 bits per heavy atom. The molecule has 1 aromatic rings. The van der Waals surface area contributed by atoms with Crippen LogP contribution >= 0.6 is 12.2 Å². The van der Waals surface area contributed by atoms with E-state index in [1.165, 1.54) is 0 Å². The fourth-order valence-electron chi connectivity index (χ4n) is 1.72. The van der Waals surface area contributed by atoms with Crippen molar-refractivity contribution < 1.29 is 4.79 Å². The average molecular weight is 279 g/mol. The molecular weight excluding hydrogens is 258 g/mol. The highest BCUT2D eigenvalue weighted by Crippen LogP contribution is 2.14. The van der Waals surface area contributed by atoms with E-state index in [0.717, 1.165) is 5.69 Å². The lowest BCUT2D eigenvalue weighted by atomic mass is 10.0. The Labute approximate surface area is 120 Å². The summed E-state index contributed by atoms with van der Waals surface area (Å²) in [5.74, 6) is 0.00804. The van der Waals surface area contributed by atoms with Gasteiger partial charge in [0, 0.05) is 25.3 Å². The van der Waals surface area contributed by atoms with Crippen molar-refractivity contribution in [1.82, 2.24) is 5.32 Å². The van der Waals surface area contributed by atoms with Crippen molar-refractivity contribution in [2.24, 2.45) is 11.7 Å². The molecule has 1 rings (SSSR count). The van der Waals surface area contributed by atoms with Crippen LogP contribution in [0.3, 0.4) is 0 Å². The van der Waals surface area contributed by atoms with Gasteiger partial charge in [0.1, 0.15) is 0 Å². The van der Waals surface area contributed by atoms with Crippen LogP contribution in [0.25, 0.3) is 0 Å². The maximum Gasteiger partial charge on any atom is 0.251 e. The van der Waals surface area contributed by atoms with Crippen LogP contribution in [0.1, 0.15) is 24.2 Å². The number of nitrogens with one attached hydrogen (secondary N) is 1. The number of hydrogen-bond donors (Lipinski definition) is 2. The molecule has 19 heavy (non-hydrogen) atoms. The first-order valence-corrected chi connectivity index (χ1v) is 6.61. The van der Waals surface area contributed by atoms with Crippen LogP contribution in [-0.4, -0.2) is 31.0 Å². The van der Waals surface area contributed by atoms with E-state index in [0.29, 0.717) is 10.6 Å². The molecule has 0 radical (unpaired) electrons. The summed E-state index contributed by atoms with van der Waals surface area (Å²) in [6.07, 6.45) is 0. The summed E-state index contributed by atoms with van der Waals surface area (Å²) in [5.41, 5.74) is 7.23. The van der Waals surface area contributed by atoms with Crippen LogP contribution in [0, 0.1) is 5.92 Å². The highest BCUT2D eigenvalue weighted by molar-refractivity contribution is 7.80. The van der Waals surface area contributed by atoms with Crippen LogP contribution in [0.5, 0.6) is 0 Å². The number of rotatable bonds is 5. The van der Waals surface area contributed by atoms with Gasteiger partial charge in [-0.25, -0.2) is 0 Å². The third-order valence-electron chi connectivity index (χ3n) is 2.88. The summed E-state index contributed by atoms with van der Waals surface area (Å²) >= 11 is 4.98. The Bertz CT molecular complexity index is 472. The minimum atomic E-state index is -0.287. The summed E-state index contributed by atoms with van der Waals surface area (Å²) in [6, 6.07) is 7.14. The molecule has 5 heteroatoms. The fourth-order valence-corrected chi connectivity index (χ4v) is 2.05. The van der Waals surface area contributed by atoms with Crippen LogP contribution in [0.4, 0.5) is 5.69 Å². The van der Waals surface area contributed by atoms with Crippen LogP contribution in [0.2, 0.25) is 0 Å². The van der Waals surface area contributed by atoms with Gasteiger partial charge in [0.2, 0.25) is 0 Å². The average Bonchev–Trinajstić information content (AvgIpc) is 2.34. The smallest absolute Gasteiger partial charge is 0.251 e. The lowest BCUT2D eigenvalue weighted by Crippen LogP contribution is -2.46. The molecule has 0 saturated heterocycles. The number of hydrogen-bond acceptors (Lipinski definition) is 3. The van der Waals surface area contributed by atoms with Gasteiger partial charge < -0.3 is 16.0 Å². The van der Waals surface area contributed by atoms with Gasteiger partial charge in [-0.15, -0.1) is 0 Å². The summed E-state index contributed by atoms with van der Waals surface area (Å²) in [5, 5.41) is 2.87. The molecule has 0 fully saturated rings. The Balaban J connectivity index is 2.88. The number of amides is 1. The van der Waals surface area contributed by atoms with Gasteiger partial charge in [0.15, 0.2) is 0 Å². The van der Waals surface area contributed by atoms with Gasteiger partial charge in [-0.05, 0) is 24.1 Å². The third-order valence-corrected chi connectivity index (χ3v) is 3.14. The fraction of sp³-hybridized carbons (Fsp3) is 0.429. The molecule has 3 N–H and O–H groups in total. The van der Waals surface area contributed by atoms with E-state index >= 15 is 0 Å². The summed E-state index contributed by atoms with van der Waals surface area (Å²) < 4.78 is 0. The zero-order chi connectivity index (χ0) is 14.6. The quantitative estimate of drug-likeness (QED) is 0.807. The molecular formula is C14H21N3OS. The number of anilines is 1. The van der Waals surface area contributed by atoms with Gasteiger partial charge in [0.05, 0.1) is 11.0 Å². The predicted octanol–water partition coefficient (Wildman–Crippen LogP) is 1.79. The zero-order valence-corrected chi connectivity index (χ0v) is 12.6. The van der Waals surface area contributed by atoms with Crippen LogP contribution in [-0.2, 0) is 0 Å². The summed E-state index contributed by atoms with van der Waals surface area (Å²) in [4.78, 5) is 14.5. The van der Waals surface area contributed by atoms with E-state index in [1.807, 2.05) is 51.0 Å². The van der Waals surface area contributed by atoms with E-state index in [1.54, 1.807) is 6.07 Å². The second-order valence-corrected chi connectivity index (χ2v) is 5.51. The van der Waals surface area contributed by atoms with Gasteiger partial charge in [-0.2, -0.15) is 0 Å². The molecule has 0 aliphatic heterocycles. The molecule has 4 nitrogen and oxygen atoms in total. The van der Waals surface area contributed by atoms with E-state index in [2.05, 4.69) is 5.32 Å². The largest absolute Gasteiger partial charge is 0.392 e. The maximum atomic E-state index is 12.2. The van der Waals surface area contributed by atoms with Crippen molar-refractivity contribution in [3.05, 3.63) is 29.8 Å². The van der Waals surface area contributed by atoms with Crippen molar-refractivity contribution in [2.45, 2.75) is 19.9 Å². The molecule has 1 unspecified atom stereocenters. The van der Waals surface area contributed by atoms with E-state index in [9.17, 15) is 4.79 Å². The second kappa shape index (κ2) is 6.52. The Hall–Kier alpha value is -1.62. The number of nitrogens with two attached hydrogens (primary N) is 1. The van der Waals surface area contributed by atoms with Crippen molar-refractivity contribution in [1.29, 1.82) is 0 Å². The topological polar surface area (TPSA) is 58.4 Å².